The van der Waals surface area contributed by atoms with E-state index in [1.165, 1.54) is 0 Å². The molecular formula is C20H26O7. The monoisotopic (exact) mass is 378 g/mol. The molecule has 2 aromatic rings. The Morgan fingerprint density at radius 3 is 2.81 bits per heavy atom. The van der Waals surface area contributed by atoms with Gasteiger partial charge in [-0.25, -0.2) is 4.79 Å². The molecule has 0 spiro atoms. The fraction of sp³-hybridized carbons (Fsp3) is 0.550. The van der Waals surface area contributed by atoms with E-state index in [1.807, 2.05) is 20.8 Å². The van der Waals surface area contributed by atoms with Crippen molar-refractivity contribution in [3.8, 4) is 17.2 Å². The topological polar surface area (TPSA) is 87.4 Å². The zero-order chi connectivity index (χ0) is 19.4. The Labute approximate surface area is 157 Å². The minimum atomic E-state index is -0.707. The first-order valence-corrected chi connectivity index (χ1v) is 9.30. The van der Waals surface area contributed by atoms with E-state index in [0.717, 1.165) is 12.8 Å². The predicted octanol–water partition coefficient (Wildman–Crippen LogP) is 3.45. The standard InChI is InChI=1S/C20H26O7/c1-4-5-9-24-19-17(21)16-13(7-6-8-14(16)27-20(19)22)26-18(12(2)3)15-10-23-11-25-15/h6-8,12,15,18,21H,4-5,9-11H2,1-3H3. The van der Waals surface area contributed by atoms with E-state index in [9.17, 15) is 9.90 Å². The zero-order valence-corrected chi connectivity index (χ0v) is 15.9. The van der Waals surface area contributed by atoms with Crippen LogP contribution in [0, 0.1) is 5.92 Å². The van der Waals surface area contributed by atoms with Crippen LogP contribution >= 0.6 is 0 Å². The van der Waals surface area contributed by atoms with Crippen molar-refractivity contribution in [2.24, 2.45) is 5.92 Å². The Bertz CT molecular complexity index is 821. The van der Waals surface area contributed by atoms with E-state index < -0.39 is 5.63 Å². The summed E-state index contributed by atoms with van der Waals surface area (Å²) in [5.41, 5.74) is -0.467. The van der Waals surface area contributed by atoms with Crippen molar-refractivity contribution in [2.75, 3.05) is 20.0 Å². The molecule has 2 heterocycles. The van der Waals surface area contributed by atoms with Crippen LogP contribution in [-0.2, 0) is 9.47 Å². The average Bonchev–Trinajstić information content (AvgIpc) is 3.16. The maximum absolute atomic E-state index is 12.2. The number of fused-ring (bicyclic) bond motifs is 1. The van der Waals surface area contributed by atoms with Crippen LogP contribution in [0.2, 0.25) is 0 Å². The molecule has 148 valence electrons. The smallest absolute Gasteiger partial charge is 0.383 e. The second-order valence-corrected chi connectivity index (χ2v) is 6.92. The highest BCUT2D eigenvalue weighted by atomic mass is 16.7. The summed E-state index contributed by atoms with van der Waals surface area (Å²) in [5.74, 6) is 0.0981. The van der Waals surface area contributed by atoms with E-state index in [-0.39, 0.29) is 42.0 Å². The second kappa shape index (κ2) is 8.63. The SMILES string of the molecule is CCCCOc1c(O)c2c(OC(C(C)C)C3COCO3)cccc2oc1=O. The van der Waals surface area contributed by atoms with Gasteiger partial charge in [-0.3, -0.25) is 0 Å². The average molecular weight is 378 g/mol. The largest absolute Gasteiger partial charge is 0.503 e. The summed E-state index contributed by atoms with van der Waals surface area (Å²) in [7, 11) is 0. The van der Waals surface area contributed by atoms with Gasteiger partial charge in [0.25, 0.3) is 0 Å². The quantitative estimate of drug-likeness (QED) is 0.556. The molecule has 27 heavy (non-hydrogen) atoms. The van der Waals surface area contributed by atoms with Crippen molar-refractivity contribution in [3.63, 3.8) is 0 Å². The third-order valence-corrected chi connectivity index (χ3v) is 4.51. The minimum absolute atomic E-state index is 0.144. The zero-order valence-electron chi connectivity index (χ0n) is 15.9. The summed E-state index contributed by atoms with van der Waals surface area (Å²) in [6, 6.07) is 5.04. The van der Waals surface area contributed by atoms with Gasteiger partial charge in [0.1, 0.15) is 35.7 Å². The highest BCUT2D eigenvalue weighted by Gasteiger charge is 2.32. The summed E-state index contributed by atoms with van der Waals surface area (Å²) in [5, 5.41) is 11.0. The maximum atomic E-state index is 12.2. The van der Waals surface area contributed by atoms with Crippen LogP contribution in [0.25, 0.3) is 11.0 Å². The lowest BCUT2D eigenvalue weighted by molar-refractivity contribution is -0.0154. The van der Waals surface area contributed by atoms with Gasteiger partial charge in [-0.15, -0.1) is 0 Å². The summed E-state index contributed by atoms with van der Waals surface area (Å²) in [6.45, 7) is 7.07. The Hall–Kier alpha value is -2.25. The minimum Gasteiger partial charge on any atom is -0.503 e. The van der Waals surface area contributed by atoms with Gasteiger partial charge in [-0.2, -0.15) is 0 Å². The molecule has 1 aromatic carbocycles. The number of aromatic hydroxyl groups is 1. The van der Waals surface area contributed by atoms with Crippen LogP contribution in [0.4, 0.5) is 0 Å². The molecule has 1 aliphatic rings. The normalized spacial score (nSPS) is 18.1. The Balaban J connectivity index is 1.99. The van der Waals surface area contributed by atoms with Crippen molar-refractivity contribution in [2.45, 2.75) is 45.8 Å². The van der Waals surface area contributed by atoms with Crippen molar-refractivity contribution in [1.82, 2.24) is 0 Å². The molecule has 1 aromatic heterocycles. The van der Waals surface area contributed by atoms with Crippen molar-refractivity contribution < 1.29 is 28.5 Å². The lowest BCUT2D eigenvalue weighted by atomic mass is 10.0. The van der Waals surface area contributed by atoms with Crippen LogP contribution in [0.15, 0.2) is 27.4 Å². The molecule has 1 saturated heterocycles. The molecular weight excluding hydrogens is 352 g/mol. The van der Waals surface area contributed by atoms with Gasteiger partial charge in [0.2, 0.25) is 5.75 Å². The van der Waals surface area contributed by atoms with E-state index in [1.54, 1.807) is 18.2 Å². The fourth-order valence-electron chi connectivity index (χ4n) is 3.06. The first-order valence-electron chi connectivity index (χ1n) is 9.30. The number of rotatable bonds is 8. The fourth-order valence-corrected chi connectivity index (χ4v) is 3.06. The third-order valence-electron chi connectivity index (χ3n) is 4.51. The van der Waals surface area contributed by atoms with Crippen LogP contribution < -0.4 is 15.1 Å². The molecule has 0 saturated carbocycles. The first-order chi connectivity index (χ1) is 13.0. The van der Waals surface area contributed by atoms with E-state index in [0.29, 0.717) is 24.3 Å². The van der Waals surface area contributed by atoms with E-state index in [4.69, 9.17) is 23.4 Å². The number of unbranched alkanes of at least 4 members (excludes halogenated alkanes) is 1. The predicted molar refractivity (Wildman–Crippen MR) is 99.5 cm³/mol. The molecule has 1 fully saturated rings. The maximum Gasteiger partial charge on any atom is 0.383 e. The van der Waals surface area contributed by atoms with E-state index in [2.05, 4.69) is 0 Å². The molecule has 0 amide bonds. The Morgan fingerprint density at radius 1 is 1.33 bits per heavy atom. The highest BCUT2D eigenvalue weighted by molar-refractivity contribution is 5.91. The Kier molecular flexibility index (Phi) is 6.23. The van der Waals surface area contributed by atoms with Gasteiger partial charge in [0.15, 0.2) is 5.75 Å². The lowest BCUT2D eigenvalue weighted by Gasteiger charge is -2.27. The van der Waals surface area contributed by atoms with Gasteiger partial charge in [-0.05, 0) is 24.5 Å². The highest BCUT2D eigenvalue weighted by Crippen LogP contribution is 2.39. The van der Waals surface area contributed by atoms with Crippen LogP contribution in [-0.4, -0.2) is 37.3 Å². The molecule has 3 rings (SSSR count). The summed E-state index contributed by atoms with van der Waals surface area (Å²) >= 11 is 0. The molecule has 7 nitrogen and oxygen atoms in total. The second-order valence-electron chi connectivity index (χ2n) is 6.92. The number of ether oxygens (including phenoxy) is 4. The number of hydrogen-bond donors (Lipinski definition) is 1. The van der Waals surface area contributed by atoms with Gasteiger partial charge in [0.05, 0.1) is 13.2 Å². The summed E-state index contributed by atoms with van der Waals surface area (Å²) in [6.07, 6.45) is 1.18. The molecule has 0 bridgehead atoms. The van der Waals surface area contributed by atoms with Gasteiger partial charge < -0.3 is 28.5 Å². The van der Waals surface area contributed by atoms with Crippen LogP contribution in [0.5, 0.6) is 17.2 Å². The molecule has 0 radical (unpaired) electrons. The molecule has 7 heteroatoms. The molecule has 0 aliphatic carbocycles. The van der Waals surface area contributed by atoms with Gasteiger partial charge in [-0.1, -0.05) is 33.3 Å². The molecule has 1 N–H and O–H groups in total. The third kappa shape index (κ3) is 4.20. The number of benzene rings is 1. The molecule has 2 unspecified atom stereocenters. The van der Waals surface area contributed by atoms with Crippen LogP contribution in [0.1, 0.15) is 33.6 Å². The molecule has 1 aliphatic heterocycles. The van der Waals surface area contributed by atoms with Crippen molar-refractivity contribution in [3.05, 3.63) is 28.6 Å². The lowest BCUT2D eigenvalue weighted by Crippen LogP contribution is -2.38. The Morgan fingerprint density at radius 2 is 2.15 bits per heavy atom. The summed E-state index contributed by atoms with van der Waals surface area (Å²) < 4.78 is 27.9. The van der Waals surface area contributed by atoms with Crippen molar-refractivity contribution in [1.29, 1.82) is 0 Å². The molecule has 2 atom stereocenters. The van der Waals surface area contributed by atoms with Gasteiger partial charge in [0, 0.05) is 0 Å². The first kappa shape index (κ1) is 19.5. The van der Waals surface area contributed by atoms with Crippen molar-refractivity contribution >= 4 is 11.0 Å². The summed E-state index contributed by atoms with van der Waals surface area (Å²) in [4.78, 5) is 12.2. The van der Waals surface area contributed by atoms with E-state index >= 15 is 0 Å². The van der Waals surface area contributed by atoms with Crippen LogP contribution in [0.3, 0.4) is 0 Å². The number of hydrogen-bond acceptors (Lipinski definition) is 7. The van der Waals surface area contributed by atoms with Gasteiger partial charge >= 0.3 is 5.63 Å².